The molecular formula is C18H40O4. The van der Waals surface area contributed by atoms with Crippen LogP contribution in [-0.4, -0.2) is 44.8 Å². The van der Waals surface area contributed by atoms with Crippen molar-refractivity contribution in [3.05, 3.63) is 0 Å². The zero-order valence-corrected chi connectivity index (χ0v) is 15.2. The maximum atomic E-state index is 9.32. The Morgan fingerprint density at radius 2 is 1.09 bits per heavy atom. The first kappa shape index (κ1) is 24.1. The van der Waals surface area contributed by atoms with Crippen LogP contribution in [-0.2, 0) is 0 Å². The summed E-state index contributed by atoms with van der Waals surface area (Å²) in [7, 11) is 0. The molecule has 0 aromatic rings. The number of unbranched alkanes of at least 4 members (excludes halogenated alkanes) is 1. The van der Waals surface area contributed by atoms with E-state index in [-0.39, 0.29) is 24.4 Å². The Kier molecular flexibility index (Phi) is 18.8. The standard InChI is InChI=1S/2C9H20O2/c1-3-5-9(11)7-6-8(10)4-2;1-3-5-6-9(11)7-8(10)4-2/h2*8-11H,3-7H2,1-2H3. The largest absolute Gasteiger partial charge is 0.393 e. The second-order valence-corrected chi connectivity index (χ2v) is 6.18. The summed E-state index contributed by atoms with van der Waals surface area (Å²) in [6, 6.07) is 0. The molecule has 0 aliphatic carbocycles. The highest BCUT2D eigenvalue weighted by molar-refractivity contribution is 4.61. The van der Waals surface area contributed by atoms with E-state index < -0.39 is 0 Å². The van der Waals surface area contributed by atoms with Crippen molar-refractivity contribution in [3.63, 3.8) is 0 Å². The van der Waals surface area contributed by atoms with Gasteiger partial charge in [-0.05, 0) is 44.9 Å². The van der Waals surface area contributed by atoms with E-state index in [1.165, 1.54) is 0 Å². The lowest BCUT2D eigenvalue weighted by molar-refractivity contribution is 0.0725. The van der Waals surface area contributed by atoms with E-state index in [9.17, 15) is 10.2 Å². The van der Waals surface area contributed by atoms with Crippen molar-refractivity contribution in [3.8, 4) is 0 Å². The summed E-state index contributed by atoms with van der Waals surface area (Å²) in [4.78, 5) is 0. The molecule has 0 spiro atoms. The van der Waals surface area contributed by atoms with E-state index in [1.54, 1.807) is 0 Å². The predicted octanol–water partition coefficient (Wildman–Crippen LogP) is 3.40. The van der Waals surface area contributed by atoms with Crippen LogP contribution < -0.4 is 0 Å². The Bertz CT molecular complexity index is 211. The molecule has 4 N–H and O–H groups in total. The molecule has 4 atom stereocenters. The molecule has 4 nitrogen and oxygen atoms in total. The lowest BCUT2D eigenvalue weighted by Crippen LogP contribution is -2.16. The number of aliphatic hydroxyl groups is 4. The lowest BCUT2D eigenvalue weighted by Gasteiger charge is -2.13. The van der Waals surface area contributed by atoms with Crippen molar-refractivity contribution >= 4 is 0 Å². The van der Waals surface area contributed by atoms with Crippen LogP contribution in [0.1, 0.15) is 91.9 Å². The third-order valence-corrected chi connectivity index (χ3v) is 3.83. The minimum absolute atomic E-state index is 0.207. The molecule has 0 aliphatic heterocycles. The Balaban J connectivity index is 0. The summed E-state index contributed by atoms with van der Waals surface area (Å²) in [6.07, 6.45) is 7.36. The second kappa shape index (κ2) is 17.2. The molecule has 0 rings (SSSR count). The number of hydrogen-bond acceptors (Lipinski definition) is 4. The van der Waals surface area contributed by atoms with Gasteiger partial charge in [-0.1, -0.05) is 47.0 Å². The molecule has 4 unspecified atom stereocenters. The fourth-order valence-corrected chi connectivity index (χ4v) is 2.10. The molecule has 0 heterocycles. The Morgan fingerprint density at radius 1 is 0.545 bits per heavy atom. The lowest BCUT2D eigenvalue weighted by atomic mass is 10.0. The van der Waals surface area contributed by atoms with Crippen molar-refractivity contribution in [2.45, 2.75) is 116 Å². The van der Waals surface area contributed by atoms with Crippen molar-refractivity contribution in [1.29, 1.82) is 0 Å². The quantitative estimate of drug-likeness (QED) is 0.444. The van der Waals surface area contributed by atoms with Crippen molar-refractivity contribution in [1.82, 2.24) is 0 Å². The van der Waals surface area contributed by atoms with E-state index in [0.29, 0.717) is 6.42 Å². The number of rotatable bonds is 12. The van der Waals surface area contributed by atoms with Gasteiger partial charge < -0.3 is 20.4 Å². The van der Waals surface area contributed by atoms with Crippen LogP contribution in [0.2, 0.25) is 0 Å². The molecule has 0 fully saturated rings. The smallest absolute Gasteiger partial charge is 0.0564 e. The fourth-order valence-electron chi connectivity index (χ4n) is 2.10. The first-order chi connectivity index (χ1) is 10.4. The van der Waals surface area contributed by atoms with Gasteiger partial charge >= 0.3 is 0 Å². The van der Waals surface area contributed by atoms with Gasteiger partial charge in [0, 0.05) is 0 Å². The van der Waals surface area contributed by atoms with Gasteiger partial charge in [0.15, 0.2) is 0 Å². The Hall–Kier alpha value is -0.160. The highest BCUT2D eigenvalue weighted by atomic mass is 16.3. The van der Waals surface area contributed by atoms with Gasteiger partial charge in [-0.15, -0.1) is 0 Å². The molecule has 0 saturated heterocycles. The van der Waals surface area contributed by atoms with Gasteiger partial charge in [0.1, 0.15) is 0 Å². The number of aliphatic hydroxyl groups excluding tert-OH is 4. The van der Waals surface area contributed by atoms with Crippen molar-refractivity contribution in [2.24, 2.45) is 0 Å². The predicted molar refractivity (Wildman–Crippen MR) is 92.9 cm³/mol. The van der Waals surface area contributed by atoms with Gasteiger partial charge in [-0.3, -0.25) is 0 Å². The highest BCUT2D eigenvalue weighted by Crippen LogP contribution is 2.09. The summed E-state index contributed by atoms with van der Waals surface area (Å²) < 4.78 is 0. The first-order valence-electron chi connectivity index (χ1n) is 9.13. The van der Waals surface area contributed by atoms with Crippen molar-refractivity contribution in [2.75, 3.05) is 0 Å². The summed E-state index contributed by atoms with van der Waals surface area (Å²) in [5.74, 6) is 0. The van der Waals surface area contributed by atoms with Gasteiger partial charge in [-0.2, -0.15) is 0 Å². The molecule has 0 radical (unpaired) electrons. The molecule has 0 aliphatic rings. The molecular weight excluding hydrogens is 280 g/mol. The van der Waals surface area contributed by atoms with E-state index in [1.807, 2.05) is 13.8 Å². The van der Waals surface area contributed by atoms with Crippen LogP contribution in [0.3, 0.4) is 0 Å². The normalized spacial score (nSPS) is 16.4. The third kappa shape index (κ3) is 17.9. The van der Waals surface area contributed by atoms with Crippen molar-refractivity contribution < 1.29 is 20.4 Å². The summed E-state index contributed by atoms with van der Waals surface area (Å²) >= 11 is 0. The number of hydrogen-bond donors (Lipinski definition) is 4. The van der Waals surface area contributed by atoms with Crippen LogP contribution in [0.4, 0.5) is 0 Å². The topological polar surface area (TPSA) is 80.9 Å². The summed E-state index contributed by atoms with van der Waals surface area (Å²) in [5.41, 5.74) is 0. The molecule has 0 aromatic carbocycles. The maximum Gasteiger partial charge on any atom is 0.0564 e. The van der Waals surface area contributed by atoms with Crippen LogP contribution in [0, 0.1) is 0 Å². The molecule has 0 saturated carbocycles. The zero-order valence-electron chi connectivity index (χ0n) is 15.2. The fraction of sp³-hybridized carbons (Fsp3) is 1.00. The Labute approximate surface area is 137 Å². The maximum absolute atomic E-state index is 9.32. The molecule has 4 heteroatoms. The molecule has 0 amide bonds. The minimum atomic E-state index is -0.318. The average Bonchev–Trinajstić information content (AvgIpc) is 2.51. The Morgan fingerprint density at radius 3 is 1.55 bits per heavy atom. The van der Waals surface area contributed by atoms with E-state index >= 15 is 0 Å². The zero-order chi connectivity index (χ0) is 17.4. The third-order valence-electron chi connectivity index (χ3n) is 3.83. The van der Waals surface area contributed by atoms with Gasteiger partial charge in [0.25, 0.3) is 0 Å². The van der Waals surface area contributed by atoms with Crippen LogP contribution in [0.25, 0.3) is 0 Å². The van der Waals surface area contributed by atoms with Gasteiger partial charge in [0.05, 0.1) is 24.4 Å². The van der Waals surface area contributed by atoms with Crippen LogP contribution in [0.5, 0.6) is 0 Å². The van der Waals surface area contributed by atoms with Crippen LogP contribution in [0.15, 0.2) is 0 Å². The highest BCUT2D eigenvalue weighted by Gasteiger charge is 2.08. The second-order valence-electron chi connectivity index (χ2n) is 6.18. The summed E-state index contributed by atoms with van der Waals surface area (Å²) in [5, 5.41) is 36.9. The van der Waals surface area contributed by atoms with Gasteiger partial charge in [0.2, 0.25) is 0 Å². The van der Waals surface area contributed by atoms with Gasteiger partial charge in [-0.25, -0.2) is 0 Å². The van der Waals surface area contributed by atoms with E-state index in [2.05, 4.69) is 13.8 Å². The molecule has 22 heavy (non-hydrogen) atoms. The SMILES string of the molecule is CCCC(O)CCC(O)CC.CCCCC(O)CC(O)CC. The van der Waals surface area contributed by atoms with E-state index in [0.717, 1.165) is 57.8 Å². The average molecular weight is 321 g/mol. The molecule has 0 bridgehead atoms. The monoisotopic (exact) mass is 320 g/mol. The molecule has 136 valence electrons. The van der Waals surface area contributed by atoms with E-state index in [4.69, 9.17) is 10.2 Å². The summed E-state index contributed by atoms with van der Waals surface area (Å²) in [6.45, 7) is 8.04. The minimum Gasteiger partial charge on any atom is -0.393 e. The molecule has 0 aromatic heterocycles. The van der Waals surface area contributed by atoms with Crippen LogP contribution >= 0.6 is 0 Å². The first-order valence-corrected chi connectivity index (χ1v) is 9.13.